The highest BCUT2D eigenvalue weighted by molar-refractivity contribution is 7.08. The molecule has 0 radical (unpaired) electrons. The smallest absolute Gasteiger partial charge is 0.173 e. The van der Waals surface area contributed by atoms with Gasteiger partial charge in [0, 0.05) is 0 Å². The zero-order chi connectivity index (χ0) is 19.0. The van der Waals surface area contributed by atoms with Crippen LogP contribution in [0.3, 0.4) is 0 Å². The number of benzene rings is 1. The Labute approximate surface area is 163 Å². The van der Waals surface area contributed by atoms with E-state index in [0.717, 1.165) is 22.3 Å². The van der Waals surface area contributed by atoms with E-state index in [1.165, 1.54) is 16.7 Å². The minimum Gasteiger partial charge on any atom is -0.511 e. The fraction of sp³-hybridized carbons (Fsp3) is 0.348. The Morgan fingerprint density at radius 1 is 1.00 bits per heavy atom. The average Bonchev–Trinajstić information content (AvgIpc) is 3.33. The van der Waals surface area contributed by atoms with Crippen molar-refractivity contribution in [1.82, 2.24) is 0 Å². The topological polar surface area (TPSA) is 46.5 Å². The molecule has 5 rings (SSSR count). The summed E-state index contributed by atoms with van der Waals surface area (Å²) in [6.45, 7) is 8.17. The van der Waals surface area contributed by atoms with E-state index in [0.29, 0.717) is 5.57 Å². The molecule has 27 heavy (non-hydrogen) atoms. The fourth-order valence-electron chi connectivity index (χ4n) is 5.22. The van der Waals surface area contributed by atoms with Crippen LogP contribution >= 0.6 is 11.3 Å². The van der Waals surface area contributed by atoms with Crippen LogP contribution in [0, 0.1) is 39.5 Å². The molecule has 4 atom stereocenters. The molecule has 3 aliphatic rings. The van der Waals surface area contributed by atoms with Crippen molar-refractivity contribution in [3.8, 4) is 0 Å². The van der Waals surface area contributed by atoms with Crippen LogP contribution in [0.15, 0.2) is 34.7 Å². The van der Waals surface area contributed by atoms with Crippen LogP contribution in [0.1, 0.15) is 33.4 Å². The summed E-state index contributed by atoms with van der Waals surface area (Å²) in [5.74, 6) is -0.326. The first-order valence-corrected chi connectivity index (χ1v) is 10.3. The van der Waals surface area contributed by atoms with Gasteiger partial charge in [0.1, 0.15) is 5.76 Å². The van der Waals surface area contributed by atoms with Gasteiger partial charge in [-0.25, -0.2) is 0 Å². The van der Waals surface area contributed by atoms with E-state index in [9.17, 15) is 9.90 Å². The van der Waals surface area contributed by atoms with E-state index < -0.39 is 0 Å². The van der Waals surface area contributed by atoms with Crippen LogP contribution in [0.5, 0.6) is 0 Å². The molecule has 1 saturated heterocycles. The lowest BCUT2D eigenvalue weighted by atomic mass is 9.78. The summed E-state index contributed by atoms with van der Waals surface area (Å²) in [6, 6.07) is 4.15. The number of aryl methyl sites for hydroxylation is 4. The van der Waals surface area contributed by atoms with Gasteiger partial charge >= 0.3 is 0 Å². The number of thiophene rings is 1. The summed E-state index contributed by atoms with van der Waals surface area (Å²) >= 11 is 1.67. The van der Waals surface area contributed by atoms with Crippen molar-refractivity contribution in [3.63, 3.8) is 0 Å². The molecule has 0 spiro atoms. The van der Waals surface area contributed by atoms with Crippen LogP contribution in [-0.2, 0) is 9.53 Å². The average molecular weight is 378 g/mol. The first kappa shape index (κ1) is 17.0. The molecule has 1 N–H and O–H groups in total. The zero-order valence-corrected chi connectivity index (χ0v) is 16.7. The van der Waals surface area contributed by atoms with Gasteiger partial charge in [-0.15, -0.1) is 0 Å². The Hall–Kier alpha value is -2.17. The van der Waals surface area contributed by atoms with Gasteiger partial charge in [-0.2, -0.15) is 11.3 Å². The van der Waals surface area contributed by atoms with Gasteiger partial charge in [-0.1, -0.05) is 17.7 Å². The Kier molecular flexibility index (Phi) is 3.56. The molecule has 0 saturated carbocycles. The molecule has 2 aromatic rings. The van der Waals surface area contributed by atoms with Gasteiger partial charge in [-0.3, -0.25) is 4.79 Å². The lowest BCUT2D eigenvalue weighted by Gasteiger charge is -2.21. The number of carbonyl (C=O) groups is 1. The molecular formula is C23H22O3S. The van der Waals surface area contributed by atoms with E-state index in [4.69, 9.17) is 4.74 Å². The lowest BCUT2D eigenvalue weighted by molar-refractivity contribution is -0.118. The van der Waals surface area contributed by atoms with E-state index in [1.807, 2.05) is 13.8 Å². The monoisotopic (exact) mass is 378 g/mol. The summed E-state index contributed by atoms with van der Waals surface area (Å²) in [6.07, 6.45) is 1.62. The van der Waals surface area contributed by atoms with Crippen LogP contribution in [0.4, 0.5) is 0 Å². The van der Waals surface area contributed by atoms with E-state index >= 15 is 0 Å². The van der Waals surface area contributed by atoms with Gasteiger partial charge in [0.2, 0.25) is 0 Å². The third-order valence-corrected chi connectivity index (χ3v) is 7.10. The fourth-order valence-corrected chi connectivity index (χ4v) is 6.08. The quantitative estimate of drug-likeness (QED) is 0.806. The van der Waals surface area contributed by atoms with Crippen molar-refractivity contribution in [1.29, 1.82) is 0 Å². The molecule has 138 valence electrons. The van der Waals surface area contributed by atoms with Crippen LogP contribution in [0.25, 0.3) is 11.1 Å². The highest BCUT2D eigenvalue weighted by atomic mass is 32.1. The predicted octanol–water partition coefficient (Wildman–Crippen LogP) is 4.93. The number of ketones is 1. The molecular weight excluding hydrogens is 356 g/mol. The Balaban J connectivity index is 1.62. The van der Waals surface area contributed by atoms with Crippen molar-refractivity contribution >= 4 is 28.3 Å². The predicted molar refractivity (Wildman–Crippen MR) is 108 cm³/mol. The molecule has 0 unspecified atom stereocenters. The van der Waals surface area contributed by atoms with Crippen molar-refractivity contribution < 1.29 is 14.6 Å². The standard InChI is InChI=1S/C23H22O3S/c1-10-5-11(2)17(12(3)6-10)19-21(24)18-16-7-14(15-9-27-8-13(15)4)23(26-16)20(18)22(19)25/h5-9,16,18,20,23,25H,1-4H3/t16-,18-,20+,23+/m0/s1. The summed E-state index contributed by atoms with van der Waals surface area (Å²) in [4.78, 5) is 13.3. The molecule has 2 aliphatic heterocycles. The van der Waals surface area contributed by atoms with Crippen molar-refractivity contribution in [3.05, 3.63) is 68.1 Å². The van der Waals surface area contributed by atoms with Crippen molar-refractivity contribution in [2.24, 2.45) is 11.8 Å². The van der Waals surface area contributed by atoms with E-state index in [1.54, 1.807) is 11.3 Å². The highest BCUT2D eigenvalue weighted by Gasteiger charge is 2.59. The van der Waals surface area contributed by atoms with Gasteiger partial charge < -0.3 is 9.84 Å². The summed E-state index contributed by atoms with van der Waals surface area (Å²) in [7, 11) is 0. The molecule has 1 aromatic heterocycles. The zero-order valence-electron chi connectivity index (χ0n) is 15.9. The second-order valence-electron chi connectivity index (χ2n) is 8.06. The first-order valence-electron chi connectivity index (χ1n) is 9.34. The SMILES string of the molecule is Cc1cc(C)c(C2=C(O)[C@H]3[C@@H](C2=O)[C@@H]2C=C(c4cscc4C)[C@H]3O2)c(C)c1. The Bertz CT molecular complexity index is 1030. The van der Waals surface area contributed by atoms with Gasteiger partial charge in [0.25, 0.3) is 0 Å². The third kappa shape index (κ3) is 2.20. The number of aliphatic hydroxyl groups is 1. The van der Waals surface area contributed by atoms with E-state index in [2.05, 4.69) is 42.8 Å². The lowest BCUT2D eigenvalue weighted by Crippen LogP contribution is -2.28. The molecule has 3 nitrogen and oxygen atoms in total. The minimum absolute atomic E-state index is 0.0254. The maximum atomic E-state index is 13.3. The van der Waals surface area contributed by atoms with Crippen LogP contribution in [-0.4, -0.2) is 23.1 Å². The number of fused-ring (bicyclic) bond motifs is 5. The number of ether oxygens (including phenoxy) is 1. The molecule has 2 bridgehead atoms. The molecule has 0 amide bonds. The summed E-state index contributed by atoms with van der Waals surface area (Å²) in [5, 5.41) is 15.4. The number of Topliss-reactive ketones (excluding diaryl/α,β-unsaturated/α-hetero) is 1. The number of rotatable bonds is 2. The van der Waals surface area contributed by atoms with Gasteiger partial charge in [-0.05, 0) is 77.9 Å². The van der Waals surface area contributed by atoms with Gasteiger partial charge in [0.05, 0.1) is 29.6 Å². The summed E-state index contributed by atoms with van der Waals surface area (Å²) < 4.78 is 6.13. The second-order valence-corrected chi connectivity index (χ2v) is 8.81. The maximum Gasteiger partial charge on any atom is 0.173 e. The number of hydrogen-bond donors (Lipinski definition) is 1. The van der Waals surface area contributed by atoms with Crippen LogP contribution in [0.2, 0.25) is 0 Å². The minimum atomic E-state index is -0.298. The molecule has 4 heteroatoms. The number of allylic oxidation sites excluding steroid dienone is 1. The van der Waals surface area contributed by atoms with Crippen molar-refractivity contribution in [2.45, 2.75) is 39.9 Å². The Morgan fingerprint density at radius 3 is 2.33 bits per heavy atom. The largest absolute Gasteiger partial charge is 0.511 e. The number of aliphatic hydroxyl groups excluding tert-OH is 1. The Morgan fingerprint density at radius 2 is 1.70 bits per heavy atom. The molecule has 1 fully saturated rings. The number of carbonyl (C=O) groups excluding carboxylic acids is 1. The summed E-state index contributed by atoms with van der Waals surface area (Å²) in [5.41, 5.74) is 8.17. The molecule has 3 heterocycles. The maximum absolute atomic E-state index is 13.3. The van der Waals surface area contributed by atoms with Crippen LogP contribution < -0.4 is 0 Å². The first-order chi connectivity index (χ1) is 12.9. The highest BCUT2D eigenvalue weighted by Crippen LogP contribution is 2.56. The third-order valence-electron chi connectivity index (χ3n) is 6.24. The molecule has 1 aliphatic carbocycles. The number of hydrogen-bond acceptors (Lipinski definition) is 4. The molecule has 1 aromatic carbocycles. The van der Waals surface area contributed by atoms with Gasteiger partial charge in [0.15, 0.2) is 5.78 Å². The normalized spacial score (nSPS) is 28.9. The second kappa shape index (κ2) is 5.66. The van der Waals surface area contributed by atoms with E-state index in [-0.39, 0.29) is 35.6 Å². The van der Waals surface area contributed by atoms with Crippen molar-refractivity contribution in [2.75, 3.05) is 0 Å².